The van der Waals surface area contributed by atoms with Crippen LogP contribution in [0.1, 0.15) is 21.7 Å². The van der Waals surface area contributed by atoms with E-state index < -0.39 is 6.10 Å². The molecule has 1 aliphatic heterocycles. The Morgan fingerprint density at radius 2 is 2.04 bits per heavy atom. The van der Waals surface area contributed by atoms with Gasteiger partial charge in [0, 0.05) is 42.9 Å². The summed E-state index contributed by atoms with van der Waals surface area (Å²) < 4.78 is 0. The monoisotopic (exact) mass is 349 g/mol. The molecule has 0 spiro atoms. The van der Waals surface area contributed by atoms with Crippen LogP contribution >= 0.6 is 0 Å². The molecule has 0 saturated carbocycles. The van der Waals surface area contributed by atoms with Gasteiger partial charge in [-0.2, -0.15) is 0 Å². The van der Waals surface area contributed by atoms with Gasteiger partial charge < -0.3 is 15.0 Å². The third-order valence-corrected chi connectivity index (χ3v) is 4.60. The van der Waals surface area contributed by atoms with Crippen molar-refractivity contribution >= 4 is 5.91 Å². The van der Waals surface area contributed by atoms with E-state index in [4.69, 9.17) is 0 Å². The third-order valence-electron chi connectivity index (χ3n) is 4.60. The Bertz CT molecular complexity index is 956. The predicted octanol–water partition coefficient (Wildman–Crippen LogP) is 1.97. The average molecular weight is 349 g/mol. The van der Waals surface area contributed by atoms with Crippen molar-refractivity contribution in [3.8, 4) is 22.6 Å². The molecule has 1 amide bonds. The number of imidazole rings is 1. The van der Waals surface area contributed by atoms with Crippen molar-refractivity contribution in [1.29, 1.82) is 0 Å². The Morgan fingerprint density at radius 3 is 2.73 bits per heavy atom. The smallest absolute Gasteiger partial charge is 0.255 e. The lowest BCUT2D eigenvalue weighted by atomic mass is 10.0. The maximum atomic E-state index is 12.4. The van der Waals surface area contributed by atoms with Crippen molar-refractivity contribution < 1.29 is 9.90 Å². The minimum absolute atomic E-state index is 0.115. The number of aryl methyl sites for hydroxylation is 2. The van der Waals surface area contributed by atoms with Crippen LogP contribution in [0.25, 0.3) is 22.6 Å². The topological polar surface area (TPSA) is 95.0 Å². The number of carbonyl (C=O) groups excluding carboxylic acids is 1. The van der Waals surface area contributed by atoms with E-state index in [9.17, 15) is 9.90 Å². The fourth-order valence-electron chi connectivity index (χ4n) is 2.93. The molecule has 26 heavy (non-hydrogen) atoms. The van der Waals surface area contributed by atoms with E-state index in [-0.39, 0.29) is 5.91 Å². The zero-order valence-electron chi connectivity index (χ0n) is 14.6. The van der Waals surface area contributed by atoms with Gasteiger partial charge in [0.15, 0.2) is 5.82 Å². The number of nitrogens with zero attached hydrogens (tertiary/aromatic N) is 4. The predicted molar refractivity (Wildman–Crippen MR) is 96.4 cm³/mol. The quantitative estimate of drug-likeness (QED) is 0.754. The molecule has 0 aliphatic carbocycles. The van der Waals surface area contributed by atoms with E-state index in [0.29, 0.717) is 18.7 Å². The molecule has 3 aromatic rings. The minimum Gasteiger partial charge on any atom is -0.389 e. The fraction of sp³-hybridized carbons (Fsp3) is 0.263. The molecular formula is C19H19N5O2. The molecule has 3 aromatic heterocycles. The van der Waals surface area contributed by atoms with Crippen LogP contribution in [-0.4, -0.2) is 55.0 Å². The van der Waals surface area contributed by atoms with E-state index in [1.807, 2.05) is 32.0 Å². The van der Waals surface area contributed by atoms with Crippen LogP contribution < -0.4 is 0 Å². The fourth-order valence-corrected chi connectivity index (χ4v) is 2.93. The Morgan fingerprint density at radius 1 is 1.23 bits per heavy atom. The first kappa shape index (κ1) is 16.4. The van der Waals surface area contributed by atoms with Crippen molar-refractivity contribution in [3.05, 3.63) is 53.7 Å². The molecule has 0 atom stereocenters. The van der Waals surface area contributed by atoms with Gasteiger partial charge in [0.2, 0.25) is 0 Å². The van der Waals surface area contributed by atoms with Gasteiger partial charge in [0.05, 0.1) is 17.4 Å². The van der Waals surface area contributed by atoms with Gasteiger partial charge in [0.25, 0.3) is 5.91 Å². The summed E-state index contributed by atoms with van der Waals surface area (Å²) in [6, 6.07) is 5.62. The van der Waals surface area contributed by atoms with Crippen LogP contribution in [0.15, 0.2) is 36.8 Å². The first-order valence-electron chi connectivity index (χ1n) is 8.43. The number of amides is 1. The number of likely N-dealkylation sites (tertiary alicyclic amines) is 1. The van der Waals surface area contributed by atoms with Gasteiger partial charge in [-0.15, -0.1) is 0 Å². The third kappa shape index (κ3) is 2.97. The van der Waals surface area contributed by atoms with E-state index in [2.05, 4.69) is 19.9 Å². The van der Waals surface area contributed by atoms with Gasteiger partial charge >= 0.3 is 0 Å². The molecular weight excluding hydrogens is 330 g/mol. The van der Waals surface area contributed by atoms with E-state index in [0.717, 1.165) is 34.0 Å². The molecule has 132 valence electrons. The maximum absolute atomic E-state index is 12.4. The number of hydrogen-bond acceptors (Lipinski definition) is 5. The highest BCUT2D eigenvalue weighted by atomic mass is 16.3. The number of rotatable bonds is 3. The number of aromatic nitrogens is 4. The molecule has 0 bridgehead atoms. The molecule has 1 saturated heterocycles. The zero-order valence-corrected chi connectivity index (χ0v) is 14.6. The van der Waals surface area contributed by atoms with Crippen molar-refractivity contribution in [3.63, 3.8) is 0 Å². The summed E-state index contributed by atoms with van der Waals surface area (Å²) in [7, 11) is 0. The Kier molecular flexibility index (Phi) is 4.00. The number of carbonyl (C=O) groups is 1. The van der Waals surface area contributed by atoms with Gasteiger partial charge in [-0.05, 0) is 37.6 Å². The summed E-state index contributed by atoms with van der Waals surface area (Å²) in [5, 5.41) is 9.38. The lowest BCUT2D eigenvalue weighted by Crippen LogP contribution is -2.53. The normalized spacial score (nSPS) is 14.3. The number of β-amino-alcohol motifs (C(OH)–C–C–N with tert-alkyl or cyclic N) is 1. The lowest BCUT2D eigenvalue weighted by Gasteiger charge is -2.35. The second-order valence-corrected chi connectivity index (χ2v) is 6.55. The first-order valence-corrected chi connectivity index (χ1v) is 8.43. The average Bonchev–Trinajstić information content (AvgIpc) is 2.98. The van der Waals surface area contributed by atoms with E-state index in [1.165, 1.54) is 0 Å². The Labute approximate surface area is 150 Å². The van der Waals surface area contributed by atoms with Crippen molar-refractivity contribution in [2.45, 2.75) is 20.0 Å². The van der Waals surface area contributed by atoms with Crippen LogP contribution in [-0.2, 0) is 0 Å². The molecule has 1 fully saturated rings. The minimum atomic E-state index is -0.418. The number of nitrogens with one attached hydrogen (secondary N) is 1. The van der Waals surface area contributed by atoms with Crippen molar-refractivity contribution in [2.75, 3.05) is 13.1 Å². The molecule has 2 N–H and O–H groups in total. The summed E-state index contributed by atoms with van der Waals surface area (Å²) in [6.07, 6.45) is 4.58. The summed E-state index contributed by atoms with van der Waals surface area (Å²) in [6.45, 7) is 4.67. The lowest BCUT2D eigenvalue weighted by molar-refractivity contribution is 0.00587. The van der Waals surface area contributed by atoms with Gasteiger partial charge in [-0.3, -0.25) is 14.8 Å². The maximum Gasteiger partial charge on any atom is 0.255 e. The molecule has 0 aromatic carbocycles. The summed E-state index contributed by atoms with van der Waals surface area (Å²) >= 11 is 0. The number of aliphatic hydroxyl groups is 1. The van der Waals surface area contributed by atoms with Crippen LogP contribution in [0.2, 0.25) is 0 Å². The number of aliphatic hydroxyl groups excluding tert-OH is 1. The van der Waals surface area contributed by atoms with Crippen molar-refractivity contribution in [2.24, 2.45) is 0 Å². The summed E-state index contributed by atoms with van der Waals surface area (Å²) in [5.74, 6) is 0.604. The van der Waals surface area contributed by atoms with Crippen LogP contribution in [0.5, 0.6) is 0 Å². The number of pyridine rings is 2. The van der Waals surface area contributed by atoms with E-state index in [1.54, 1.807) is 23.5 Å². The van der Waals surface area contributed by atoms with Gasteiger partial charge in [-0.1, -0.05) is 0 Å². The highest BCUT2D eigenvalue weighted by Crippen LogP contribution is 2.24. The number of aromatic amines is 1. The molecule has 4 heterocycles. The van der Waals surface area contributed by atoms with Crippen LogP contribution in [0, 0.1) is 13.8 Å². The Hall–Kier alpha value is -3.06. The highest BCUT2D eigenvalue weighted by Gasteiger charge is 2.29. The van der Waals surface area contributed by atoms with E-state index >= 15 is 0 Å². The Balaban J connectivity index is 1.64. The second-order valence-electron chi connectivity index (χ2n) is 6.55. The summed E-state index contributed by atoms with van der Waals surface area (Å²) in [5.41, 5.74) is 4.95. The van der Waals surface area contributed by atoms with Crippen LogP contribution in [0.3, 0.4) is 0 Å². The molecule has 7 nitrogen and oxygen atoms in total. The molecule has 7 heteroatoms. The molecule has 1 aliphatic rings. The highest BCUT2D eigenvalue weighted by molar-refractivity contribution is 5.95. The SMILES string of the molecule is Cc1nc(-c2cc(-c3cncc(C(=O)N4CC(O)C4)c3)ccn2)[nH]c1C. The number of H-pyrrole nitrogens is 1. The largest absolute Gasteiger partial charge is 0.389 e. The molecule has 4 rings (SSSR count). The second kappa shape index (κ2) is 6.34. The number of hydrogen-bond donors (Lipinski definition) is 2. The standard InChI is InChI=1S/C19H19N5O2/c1-11-12(2)23-18(22-11)17-6-13(3-4-21-17)14-5-15(8-20-7-14)19(26)24-9-16(25)10-24/h3-8,16,25H,9-10H2,1-2H3,(H,22,23). The van der Waals surface area contributed by atoms with Gasteiger partial charge in [-0.25, -0.2) is 4.98 Å². The van der Waals surface area contributed by atoms with Crippen LogP contribution in [0.4, 0.5) is 0 Å². The molecule has 0 radical (unpaired) electrons. The van der Waals surface area contributed by atoms with Crippen molar-refractivity contribution in [1.82, 2.24) is 24.8 Å². The summed E-state index contributed by atoms with van der Waals surface area (Å²) in [4.78, 5) is 30.4. The van der Waals surface area contributed by atoms with Gasteiger partial charge in [0.1, 0.15) is 5.69 Å². The first-order chi connectivity index (χ1) is 12.5. The molecule has 0 unspecified atom stereocenters. The zero-order chi connectivity index (χ0) is 18.3.